The first-order valence-electron chi connectivity index (χ1n) is 9.34. The van der Waals surface area contributed by atoms with Gasteiger partial charge in [0.05, 0.1) is 23.8 Å². The number of aromatic nitrogens is 1. The van der Waals surface area contributed by atoms with Gasteiger partial charge in [0.25, 0.3) is 11.5 Å². The third-order valence-electron chi connectivity index (χ3n) is 5.18. The van der Waals surface area contributed by atoms with E-state index in [2.05, 4.69) is 11.2 Å². The molecule has 0 aliphatic carbocycles. The van der Waals surface area contributed by atoms with E-state index >= 15 is 0 Å². The number of nitriles is 1. The van der Waals surface area contributed by atoms with Crippen molar-refractivity contribution in [1.29, 1.82) is 5.26 Å². The molecule has 1 fully saturated rings. The topological polar surface area (TPSA) is 78.1 Å². The molecule has 1 N–H and O–H groups in total. The van der Waals surface area contributed by atoms with Crippen LogP contribution in [0.3, 0.4) is 0 Å². The van der Waals surface area contributed by atoms with Crippen molar-refractivity contribution in [2.75, 3.05) is 18.4 Å². The predicted octanol–water partition coefficient (Wildman–Crippen LogP) is 2.32. The number of carbonyl (C=O) groups excluding carboxylic acids is 1. The van der Waals surface area contributed by atoms with E-state index in [1.54, 1.807) is 12.1 Å². The van der Waals surface area contributed by atoms with Crippen LogP contribution in [-0.2, 0) is 11.3 Å². The Labute approximate surface area is 172 Å². The molecule has 0 saturated carbocycles. The number of likely N-dealkylation sites (tertiary alicyclic amines) is 1. The molecule has 2 aromatic carbocycles. The molecule has 0 radical (unpaired) electrons. The van der Waals surface area contributed by atoms with Gasteiger partial charge in [-0.25, -0.2) is 4.39 Å². The summed E-state index contributed by atoms with van der Waals surface area (Å²) in [7, 11) is 0. The Hall–Kier alpha value is -4.10. The van der Waals surface area contributed by atoms with Crippen LogP contribution >= 0.6 is 0 Å². The van der Waals surface area contributed by atoms with Gasteiger partial charge in [0, 0.05) is 18.5 Å². The van der Waals surface area contributed by atoms with E-state index in [0.717, 1.165) is 10.9 Å². The Morgan fingerprint density at radius 3 is 2.57 bits per heavy atom. The molecule has 1 saturated heterocycles. The first-order chi connectivity index (χ1) is 14.5. The van der Waals surface area contributed by atoms with Gasteiger partial charge in [-0.1, -0.05) is 30.3 Å². The lowest BCUT2D eigenvalue weighted by Gasteiger charge is -2.39. The molecule has 2 heterocycles. The van der Waals surface area contributed by atoms with E-state index in [-0.39, 0.29) is 29.9 Å². The minimum atomic E-state index is -0.432. The zero-order chi connectivity index (χ0) is 21.3. The van der Waals surface area contributed by atoms with Gasteiger partial charge in [-0.05, 0) is 29.7 Å². The van der Waals surface area contributed by atoms with Crippen LogP contribution in [0.1, 0.15) is 11.1 Å². The molecule has 0 unspecified atom stereocenters. The molecule has 1 aliphatic rings. The van der Waals surface area contributed by atoms with E-state index in [9.17, 15) is 19.2 Å². The average molecular weight is 400 g/mol. The zero-order valence-electron chi connectivity index (χ0n) is 15.9. The third kappa shape index (κ3) is 3.38. The fraction of sp³-hybridized carbons (Fsp3) is 0.174. The highest BCUT2D eigenvalue weighted by atomic mass is 19.1. The highest BCUT2D eigenvalue weighted by Crippen LogP contribution is 2.27. The van der Waals surface area contributed by atoms with E-state index < -0.39 is 5.56 Å². The van der Waals surface area contributed by atoms with Gasteiger partial charge in [0.1, 0.15) is 17.4 Å². The second-order valence-electron chi connectivity index (χ2n) is 7.09. The molecule has 0 bridgehead atoms. The SMILES string of the molecule is C#CC(=O)N1CC(Nc2c(C#N)c(=O)n(Cc3ccc(F)cc3)c3ccccc23)C1. The van der Waals surface area contributed by atoms with Gasteiger partial charge in [0.15, 0.2) is 0 Å². The summed E-state index contributed by atoms with van der Waals surface area (Å²) < 4.78 is 14.7. The zero-order valence-corrected chi connectivity index (χ0v) is 15.9. The number of rotatable bonds is 4. The maximum atomic E-state index is 13.2. The van der Waals surface area contributed by atoms with Crippen molar-refractivity contribution in [3.63, 3.8) is 0 Å². The highest BCUT2D eigenvalue weighted by molar-refractivity contribution is 5.95. The lowest BCUT2D eigenvalue weighted by atomic mass is 10.0. The maximum Gasteiger partial charge on any atom is 0.298 e. The van der Waals surface area contributed by atoms with Gasteiger partial charge in [0.2, 0.25) is 0 Å². The van der Waals surface area contributed by atoms with Crippen molar-refractivity contribution in [3.05, 3.63) is 75.8 Å². The van der Waals surface area contributed by atoms with Crippen LogP contribution in [0.15, 0.2) is 53.3 Å². The summed E-state index contributed by atoms with van der Waals surface area (Å²) in [4.78, 5) is 26.2. The van der Waals surface area contributed by atoms with Gasteiger partial charge >= 0.3 is 0 Å². The van der Waals surface area contributed by atoms with Crippen molar-refractivity contribution < 1.29 is 9.18 Å². The molecule has 7 heteroatoms. The molecule has 3 aromatic rings. The van der Waals surface area contributed by atoms with Crippen molar-refractivity contribution >= 4 is 22.5 Å². The van der Waals surface area contributed by atoms with Crippen LogP contribution in [0.25, 0.3) is 10.9 Å². The molecule has 30 heavy (non-hydrogen) atoms. The number of nitrogens with one attached hydrogen (secondary N) is 1. The number of carbonyl (C=O) groups is 1. The summed E-state index contributed by atoms with van der Waals surface area (Å²) in [6.07, 6.45) is 5.14. The van der Waals surface area contributed by atoms with Crippen molar-refractivity contribution in [2.45, 2.75) is 12.6 Å². The predicted molar refractivity (Wildman–Crippen MR) is 111 cm³/mol. The second-order valence-corrected chi connectivity index (χ2v) is 7.09. The molecule has 4 rings (SSSR count). The quantitative estimate of drug-likeness (QED) is 0.682. The Balaban J connectivity index is 1.75. The van der Waals surface area contributed by atoms with E-state index in [4.69, 9.17) is 6.42 Å². The van der Waals surface area contributed by atoms with Crippen molar-refractivity contribution in [3.8, 4) is 18.4 Å². The summed E-state index contributed by atoms with van der Waals surface area (Å²) >= 11 is 0. The number of terminal acetylenes is 1. The number of halogens is 1. The Kier molecular flexibility index (Phi) is 4.95. The van der Waals surface area contributed by atoms with Crippen LogP contribution in [0.2, 0.25) is 0 Å². The number of nitrogens with zero attached hydrogens (tertiary/aromatic N) is 3. The Bertz CT molecular complexity index is 1280. The molecule has 1 amide bonds. The van der Waals surface area contributed by atoms with Crippen LogP contribution in [-0.4, -0.2) is 34.5 Å². The number of para-hydroxylation sites is 1. The van der Waals surface area contributed by atoms with Crippen molar-refractivity contribution in [1.82, 2.24) is 9.47 Å². The largest absolute Gasteiger partial charge is 0.377 e. The third-order valence-corrected chi connectivity index (χ3v) is 5.18. The lowest BCUT2D eigenvalue weighted by molar-refractivity contribution is -0.128. The van der Waals surface area contributed by atoms with Crippen molar-refractivity contribution in [2.24, 2.45) is 0 Å². The van der Waals surface area contributed by atoms with Crippen LogP contribution < -0.4 is 10.9 Å². The normalized spacial score (nSPS) is 13.4. The fourth-order valence-corrected chi connectivity index (χ4v) is 3.62. The number of anilines is 1. The standard InChI is InChI=1S/C23H17FN4O2/c1-2-21(29)27-13-17(14-27)26-22-18-5-3-4-6-20(18)28(23(30)19(22)11-25)12-15-7-9-16(24)10-8-15/h1,3-10,17,26H,12-14H2. The molecule has 148 valence electrons. The smallest absolute Gasteiger partial charge is 0.298 e. The molecular formula is C23H17FN4O2. The van der Waals surface area contributed by atoms with Crippen LogP contribution in [0.4, 0.5) is 10.1 Å². The number of hydrogen-bond acceptors (Lipinski definition) is 4. The highest BCUT2D eigenvalue weighted by Gasteiger charge is 2.31. The number of fused-ring (bicyclic) bond motifs is 1. The monoisotopic (exact) mass is 400 g/mol. The van der Waals surface area contributed by atoms with Gasteiger partial charge in [-0.15, -0.1) is 6.42 Å². The molecule has 0 spiro atoms. The number of pyridine rings is 1. The summed E-state index contributed by atoms with van der Waals surface area (Å²) in [5.74, 6) is 1.34. The average Bonchev–Trinajstić information content (AvgIpc) is 2.73. The van der Waals surface area contributed by atoms with Gasteiger partial charge < -0.3 is 14.8 Å². The van der Waals surface area contributed by atoms with E-state index in [1.165, 1.54) is 21.6 Å². The molecule has 1 aromatic heterocycles. The minimum absolute atomic E-state index is 0.00228. The number of hydrogen-bond donors (Lipinski definition) is 1. The van der Waals surface area contributed by atoms with Gasteiger partial charge in [-0.3, -0.25) is 9.59 Å². The van der Waals surface area contributed by atoms with Crippen LogP contribution in [0.5, 0.6) is 0 Å². The first kappa shape index (κ1) is 19.2. The van der Waals surface area contributed by atoms with E-state index in [0.29, 0.717) is 24.3 Å². The second kappa shape index (κ2) is 7.73. The first-order valence-corrected chi connectivity index (χ1v) is 9.34. The summed E-state index contributed by atoms with van der Waals surface area (Å²) in [6, 6.07) is 15.1. The molecule has 6 nitrogen and oxygen atoms in total. The summed E-state index contributed by atoms with van der Waals surface area (Å²) in [5, 5.41) is 13.7. The minimum Gasteiger partial charge on any atom is -0.377 e. The molecule has 1 aliphatic heterocycles. The van der Waals surface area contributed by atoms with E-state index in [1.807, 2.05) is 30.3 Å². The number of benzene rings is 2. The van der Waals surface area contributed by atoms with Gasteiger partial charge in [-0.2, -0.15) is 5.26 Å². The fourth-order valence-electron chi connectivity index (χ4n) is 3.62. The summed E-state index contributed by atoms with van der Waals surface area (Å²) in [5.41, 5.74) is 1.42. The van der Waals surface area contributed by atoms with Crippen LogP contribution in [0, 0.1) is 29.5 Å². The maximum absolute atomic E-state index is 13.2. The summed E-state index contributed by atoms with van der Waals surface area (Å²) in [6.45, 7) is 1.02. The molecular weight excluding hydrogens is 383 g/mol. The Morgan fingerprint density at radius 2 is 1.90 bits per heavy atom. The molecule has 0 atom stereocenters. The lowest BCUT2D eigenvalue weighted by Crippen LogP contribution is -2.56. The Morgan fingerprint density at radius 1 is 1.20 bits per heavy atom. The number of amides is 1.